The van der Waals surface area contributed by atoms with Crippen LogP contribution in [0.3, 0.4) is 0 Å². The second-order valence-corrected chi connectivity index (χ2v) is 4.93. The van der Waals surface area contributed by atoms with E-state index in [0.29, 0.717) is 17.6 Å². The molecule has 1 aromatic heterocycles. The summed E-state index contributed by atoms with van der Waals surface area (Å²) in [6.45, 7) is 0. The number of hydrogen-bond donors (Lipinski definition) is 1. The summed E-state index contributed by atoms with van der Waals surface area (Å²) in [4.78, 5) is 4.49. The highest BCUT2D eigenvalue weighted by Crippen LogP contribution is 2.34. The highest BCUT2D eigenvalue weighted by atomic mass is 16.5. The van der Waals surface area contributed by atoms with Crippen molar-refractivity contribution in [3.63, 3.8) is 0 Å². The third-order valence-electron chi connectivity index (χ3n) is 3.61. The Bertz CT molecular complexity index is 567. The first-order valence-corrected chi connectivity index (χ1v) is 6.50. The van der Waals surface area contributed by atoms with Crippen molar-refractivity contribution in [1.29, 1.82) is 0 Å². The first-order valence-electron chi connectivity index (χ1n) is 6.50. The zero-order valence-electron chi connectivity index (χ0n) is 10.9. The minimum atomic E-state index is 0.256. The molecule has 0 saturated heterocycles. The van der Waals surface area contributed by atoms with E-state index in [1.807, 2.05) is 24.3 Å². The van der Waals surface area contributed by atoms with Gasteiger partial charge in [0.2, 0.25) is 11.7 Å². The van der Waals surface area contributed by atoms with Crippen molar-refractivity contribution >= 4 is 0 Å². The highest BCUT2D eigenvalue weighted by molar-refractivity contribution is 5.63. The first kappa shape index (κ1) is 12.2. The molecule has 1 fully saturated rings. The molecule has 1 aromatic carbocycles. The molecule has 2 N–H and O–H groups in total. The molecule has 2 unspecified atom stereocenters. The second-order valence-electron chi connectivity index (χ2n) is 4.93. The molecule has 1 saturated carbocycles. The van der Waals surface area contributed by atoms with Gasteiger partial charge in [-0.25, -0.2) is 0 Å². The predicted molar refractivity (Wildman–Crippen MR) is 70.9 cm³/mol. The van der Waals surface area contributed by atoms with Gasteiger partial charge in [-0.05, 0) is 31.4 Å². The average Bonchev–Trinajstić information content (AvgIpc) is 3.07. The number of methoxy groups -OCH3 is 1. The Morgan fingerprint density at radius 1 is 1.32 bits per heavy atom. The van der Waals surface area contributed by atoms with E-state index in [4.69, 9.17) is 15.0 Å². The van der Waals surface area contributed by atoms with Crippen LogP contribution in [-0.2, 0) is 0 Å². The van der Waals surface area contributed by atoms with E-state index in [9.17, 15) is 0 Å². The van der Waals surface area contributed by atoms with Gasteiger partial charge in [0.25, 0.3) is 0 Å². The summed E-state index contributed by atoms with van der Waals surface area (Å²) in [5, 5.41) is 4.06. The number of para-hydroxylation sites is 1. The van der Waals surface area contributed by atoms with E-state index in [1.165, 1.54) is 0 Å². The summed E-state index contributed by atoms with van der Waals surface area (Å²) in [6, 6.07) is 7.91. The van der Waals surface area contributed by atoms with Crippen molar-refractivity contribution in [2.45, 2.75) is 31.2 Å². The number of rotatable bonds is 3. The van der Waals surface area contributed by atoms with Crippen molar-refractivity contribution in [2.24, 2.45) is 5.73 Å². The minimum Gasteiger partial charge on any atom is -0.496 e. The lowest BCUT2D eigenvalue weighted by Crippen LogP contribution is -2.14. The molecule has 2 aromatic rings. The maximum absolute atomic E-state index is 5.92. The number of hydrogen-bond acceptors (Lipinski definition) is 5. The SMILES string of the molecule is COc1ccccc1-c1noc(C2CCC(N)C2)n1. The Balaban J connectivity index is 1.88. The normalized spacial score (nSPS) is 22.6. The fraction of sp³-hybridized carbons (Fsp3) is 0.429. The molecule has 0 radical (unpaired) electrons. The Morgan fingerprint density at radius 3 is 2.89 bits per heavy atom. The number of aromatic nitrogens is 2. The van der Waals surface area contributed by atoms with Crippen molar-refractivity contribution in [3.05, 3.63) is 30.2 Å². The van der Waals surface area contributed by atoms with Gasteiger partial charge < -0.3 is 15.0 Å². The van der Waals surface area contributed by atoms with E-state index in [2.05, 4.69) is 10.1 Å². The van der Waals surface area contributed by atoms with Crippen molar-refractivity contribution < 1.29 is 9.26 Å². The summed E-state index contributed by atoms with van der Waals surface area (Å²) in [5.74, 6) is 2.31. The van der Waals surface area contributed by atoms with Gasteiger partial charge in [0, 0.05) is 12.0 Å². The molecule has 1 heterocycles. The van der Waals surface area contributed by atoms with Gasteiger partial charge in [0.1, 0.15) is 5.75 Å². The van der Waals surface area contributed by atoms with Crippen LogP contribution in [0.4, 0.5) is 0 Å². The van der Waals surface area contributed by atoms with Crippen molar-refractivity contribution in [1.82, 2.24) is 10.1 Å². The first-order chi connectivity index (χ1) is 9.28. The van der Waals surface area contributed by atoms with Crippen LogP contribution in [0.2, 0.25) is 0 Å². The number of nitrogens with two attached hydrogens (primary N) is 1. The lowest BCUT2D eigenvalue weighted by atomic mass is 10.1. The Morgan fingerprint density at radius 2 is 2.16 bits per heavy atom. The zero-order valence-corrected chi connectivity index (χ0v) is 10.9. The molecular formula is C14H17N3O2. The molecule has 100 valence electrons. The van der Waals surface area contributed by atoms with Crippen LogP contribution >= 0.6 is 0 Å². The maximum atomic E-state index is 5.92. The lowest BCUT2D eigenvalue weighted by Gasteiger charge is -2.03. The summed E-state index contributed by atoms with van der Waals surface area (Å²) in [7, 11) is 1.63. The van der Waals surface area contributed by atoms with E-state index in [0.717, 1.165) is 30.6 Å². The molecule has 0 bridgehead atoms. The second kappa shape index (κ2) is 5.01. The molecule has 1 aliphatic carbocycles. The van der Waals surface area contributed by atoms with E-state index in [1.54, 1.807) is 7.11 Å². The van der Waals surface area contributed by atoms with Crippen molar-refractivity contribution in [3.8, 4) is 17.1 Å². The molecule has 5 heteroatoms. The largest absolute Gasteiger partial charge is 0.496 e. The number of ether oxygens (including phenoxy) is 1. The topological polar surface area (TPSA) is 74.2 Å². The standard InChI is InChI=1S/C14H17N3O2/c1-18-12-5-3-2-4-11(12)13-16-14(19-17-13)9-6-7-10(15)8-9/h2-5,9-10H,6-8,15H2,1H3. The summed E-state index contributed by atoms with van der Waals surface area (Å²) in [6.07, 6.45) is 2.97. The summed E-state index contributed by atoms with van der Waals surface area (Å²) in [5.41, 5.74) is 6.77. The minimum absolute atomic E-state index is 0.256. The van der Waals surface area contributed by atoms with Crippen LogP contribution < -0.4 is 10.5 Å². The molecule has 19 heavy (non-hydrogen) atoms. The van der Waals surface area contributed by atoms with Crippen LogP contribution in [0.15, 0.2) is 28.8 Å². The molecule has 1 aliphatic rings. The number of benzene rings is 1. The van der Waals surface area contributed by atoms with Crippen LogP contribution in [0.1, 0.15) is 31.1 Å². The summed E-state index contributed by atoms with van der Waals surface area (Å²) < 4.78 is 10.7. The molecule has 3 rings (SSSR count). The molecule has 0 spiro atoms. The van der Waals surface area contributed by atoms with E-state index < -0.39 is 0 Å². The van der Waals surface area contributed by atoms with E-state index >= 15 is 0 Å². The van der Waals surface area contributed by atoms with Crippen LogP contribution in [-0.4, -0.2) is 23.3 Å². The van der Waals surface area contributed by atoms with Gasteiger partial charge in [-0.15, -0.1) is 0 Å². The third-order valence-corrected chi connectivity index (χ3v) is 3.61. The molecule has 0 aliphatic heterocycles. The smallest absolute Gasteiger partial charge is 0.230 e. The Kier molecular flexibility index (Phi) is 3.21. The van der Waals surface area contributed by atoms with Crippen LogP contribution in [0, 0.1) is 0 Å². The predicted octanol–water partition coefficient (Wildman–Crippen LogP) is 2.34. The summed E-state index contributed by atoms with van der Waals surface area (Å²) >= 11 is 0. The fourth-order valence-corrected chi connectivity index (χ4v) is 2.58. The fourth-order valence-electron chi connectivity index (χ4n) is 2.58. The monoisotopic (exact) mass is 259 g/mol. The Labute approximate surface area is 111 Å². The number of nitrogens with zero attached hydrogens (tertiary/aromatic N) is 2. The molecular weight excluding hydrogens is 242 g/mol. The van der Waals surface area contributed by atoms with Crippen LogP contribution in [0.5, 0.6) is 5.75 Å². The van der Waals surface area contributed by atoms with Crippen molar-refractivity contribution in [2.75, 3.05) is 7.11 Å². The quantitative estimate of drug-likeness (QED) is 0.915. The third kappa shape index (κ3) is 2.33. The molecule has 5 nitrogen and oxygen atoms in total. The molecule has 2 atom stereocenters. The van der Waals surface area contributed by atoms with Gasteiger partial charge in [-0.1, -0.05) is 17.3 Å². The maximum Gasteiger partial charge on any atom is 0.230 e. The van der Waals surface area contributed by atoms with Gasteiger partial charge in [0.15, 0.2) is 0 Å². The zero-order chi connectivity index (χ0) is 13.2. The van der Waals surface area contributed by atoms with Crippen LogP contribution in [0.25, 0.3) is 11.4 Å². The average molecular weight is 259 g/mol. The lowest BCUT2D eigenvalue weighted by molar-refractivity contribution is 0.353. The van der Waals surface area contributed by atoms with Gasteiger partial charge in [-0.2, -0.15) is 4.98 Å². The Hall–Kier alpha value is -1.88. The highest BCUT2D eigenvalue weighted by Gasteiger charge is 2.28. The van der Waals surface area contributed by atoms with Gasteiger partial charge in [0.05, 0.1) is 12.7 Å². The van der Waals surface area contributed by atoms with Gasteiger partial charge >= 0.3 is 0 Å². The molecule has 0 amide bonds. The van der Waals surface area contributed by atoms with Gasteiger partial charge in [-0.3, -0.25) is 0 Å². The van der Waals surface area contributed by atoms with E-state index in [-0.39, 0.29) is 6.04 Å².